The molecule has 6 rings (SSSR count). The van der Waals surface area contributed by atoms with Crippen LogP contribution in [0.15, 0.2) is 48.5 Å². The van der Waals surface area contributed by atoms with E-state index in [0.29, 0.717) is 30.5 Å². The van der Waals surface area contributed by atoms with E-state index >= 15 is 0 Å². The number of carbonyl (C=O) groups excluding carboxylic acids is 3. The highest BCUT2D eigenvalue weighted by molar-refractivity contribution is 6.05. The number of fused-ring (bicyclic) bond motifs is 1. The summed E-state index contributed by atoms with van der Waals surface area (Å²) in [6, 6.07) is 16.4. The molecule has 1 saturated carbocycles. The summed E-state index contributed by atoms with van der Waals surface area (Å²) in [7, 11) is 0. The molecular weight excluding hydrogens is 466 g/mol. The van der Waals surface area contributed by atoms with Crippen molar-refractivity contribution in [2.45, 2.75) is 82.0 Å². The van der Waals surface area contributed by atoms with Gasteiger partial charge < -0.3 is 9.64 Å². The van der Waals surface area contributed by atoms with Gasteiger partial charge in [-0.2, -0.15) is 0 Å². The zero-order chi connectivity index (χ0) is 25.4. The number of nitrogens with zero attached hydrogens (tertiary/aromatic N) is 2. The lowest BCUT2D eigenvalue weighted by Crippen LogP contribution is -2.52. The van der Waals surface area contributed by atoms with Crippen molar-refractivity contribution in [1.29, 1.82) is 0 Å². The van der Waals surface area contributed by atoms with Crippen LogP contribution in [0.5, 0.6) is 5.75 Å². The number of carbonyl (C=O) groups is 3. The zero-order valence-electron chi connectivity index (χ0n) is 21.2. The first kappa shape index (κ1) is 24.2. The van der Waals surface area contributed by atoms with Gasteiger partial charge in [0.05, 0.1) is 0 Å². The molecule has 0 radical (unpaired) electrons. The van der Waals surface area contributed by atoms with Gasteiger partial charge >= 0.3 is 0 Å². The smallest absolute Gasteiger partial charge is 0.255 e. The van der Waals surface area contributed by atoms with Gasteiger partial charge in [-0.1, -0.05) is 36.8 Å². The maximum atomic E-state index is 13.0. The molecular formula is C30H35N3O4. The van der Waals surface area contributed by atoms with E-state index in [2.05, 4.69) is 40.5 Å². The van der Waals surface area contributed by atoms with Gasteiger partial charge in [0.1, 0.15) is 17.9 Å². The van der Waals surface area contributed by atoms with Gasteiger partial charge in [-0.05, 0) is 86.9 Å². The van der Waals surface area contributed by atoms with Crippen molar-refractivity contribution in [1.82, 2.24) is 15.1 Å². The van der Waals surface area contributed by atoms with Gasteiger partial charge in [-0.15, -0.1) is 0 Å². The van der Waals surface area contributed by atoms with Gasteiger partial charge in [0.25, 0.3) is 5.91 Å². The second kappa shape index (κ2) is 10.3. The van der Waals surface area contributed by atoms with Gasteiger partial charge in [-0.25, -0.2) is 0 Å². The van der Waals surface area contributed by atoms with Gasteiger partial charge in [-0.3, -0.25) is 24.6 Å². The Morgan fingerprint density at radius 2 is 1.65 bits per heavy atom. The van der Waals surface area contributed by atoms with Crippen molar-refractivity contribution in [3.63, 3.8) is 0 Å². The summed E-state index contributed by atoms with van der Waals surface area (Å²) in [5.74, 6) is 0.643. The minimum atomic E-state index is -0.594. The van der Waals surface area contributed by atoms with Crippen LogP contribution in [0.2, 0.25) is 0 Å². The van der Waals surface area contributed by atoms with Crippen molar-refractivity contribution in [3.05, 3.63) is 65.2 Å². The van der Waals surface area contributed by atoms with Crippen LogP contribution in [0, 0.1) is 0 Å². The molecule has 4 aliphatic rings. The van der Waals surface area contributed by atoms with Crippen LogP contribution >= 0.6 is 0 Å². The fourth-order valence-electron chi connectivity index (χ4n) is 6.72. The average Bonchev–Trinajstić information content (AvgIpc) is 3.25. The molecule has 1 N–H and O–H groups in total. The summed E-state index contributed by atoms with van der Waals surface area (Å²) in [6.07, 6.45) is 7.76. The molecule has 3 fully saturated rings. The lowest BCUT2D eigenvalue weighted by atomic mass is 9.85. The quantitative estimate of drug-likeness (QED) is 0.627. The molecule has 3 amide bonds. The summed E-state index contributed by atoms with van der Waals surface area (Å²) in [6.45, 7) is 2.58. The molecule has 3 atom stereocenters. The fourth-order valence-corrected chi connectivity index (χ4v) is 6.72. The number of likely N-dealkylation sites (tertiary alicyclic amines) is 1. The molecule has 3 aliphatic heterocycles. The third-order valence-electron chi connectivity index (χ3n) is 8.72. The molecule has 0 aromatic heterocycles. The first-order valence-electron chi connectivity index (χ1n) is 13.8. The number of hydrogen-bond acceptors (Lipinski definition) is 5. The summed E-state index contributed by atoms with van der Waals surface area (Å²) in [4.78, 5) is 41.1. The number of benzene rings is 2. The van der Waals surface area contributed by atoms with Crippen molar-refractivity contribution in [2.75, 3.05) is 13.1 Å². The van der Waals surface area contributed by atoms with Crippen molar-refractivity contribution in [3.8, 4) is 5.75 Å². The Balaban J connectivity index is 1.11. The van der Waals surface area contributed by atoms with E-state index in [4.69, 9.17) is 4.74 Å². The van der Waals surface area contributed by atoms with Crippen LogP contribution in [0.1, 0.15) is 78.8 Å². The summed E-state index contributed by atoms with van der Waals surface area (Å²) in [5.41, 5.74) is 2.97. The Kier molecular flexibility index (Phi) is 6.72. The monoisotopic (exact) mass is 501 g/mol. The molecule has 7 nitrogen and oxygen atoms in total. The molecule has 0 spiro atoms. The van der Waals surface area contributed by atoms with Gasteiger partial charge in [0.15, 0.2) is 0 Å². The second-order valence-corrected chi connectivity index (χ2v) is 10.9. The maximum absolute atomic E-state index is 13.0. The number of amides is 3. The first-order chi connectivity index (χ1) is 18.1. The molecule has 194 valence electrons. The molecule has 1 aliphatic carbocycles. The zero-order valence-corrected chi connectivity index (χ0v) is 21.2. The highest BCUT2D eigenvalue weighted by Crippen LogP contribution is 2.35. The van der Waals surface area contributed by atoms with E-state index < -0.39 is 6.04 Å². The predicted octanol–water partition coefficient (Wildman–Crippen LogP) is 4.02. The molecule has 3 heterocycles. The molecule has 37 heavy (non-hydrogen) atoms. The molecule has 2 aromatic carbocycles. The minimum absolute atomic E-state index is 0.142. The van der Waals surface area contributed by atoms with E-state index in [-0.39, 0.29) is 30.2 Å². The summed E-state index contributed by atoms with van der Waals surface area (Å²) < 4.78 is 6.61. The Morgan fingerprint density at radius 1 is 0.865 bits per heavy atom. The van der Waals surface area contributed by atoms with E-state index in [1.807, 2.05) is 18.2 Å². The average molecular weight is 502 g/mol. The number of nitrogens with one attached hydrogen (secondary N) is 1. The largest absolute Gasteiger partial charge is 0.489 e. The number of imide groups is 1. The van der Waals surface area contributed by atoms with Gasteiger partial charge in [0, 0.05) is 24.6 Å². The Hall–Kier alpha value is -3.19. The SMILES string of the molecule is O=C1CCC(N2Cc3cc(O[C@H]4CCCC[C@H]4N4CCC(c5ccccc5)CC4)ccc3C2=O)C(=O)N1. The number of rotatable bonds is 5. The topological polar surface area (TPSA) is 79.0 Å². The Bertz CT molecular complexity index is 1170. The highest BCUT2D eigenvalue weighted by atomic mass is 16.5. The van der Waals surface area contributed by atoms with Gasteiger partial charge in [0.2, 0.25) is 11.8 Å². The third-order valence-corrected chi connectivity index (χ3v) is 8.72. The molecule has 2 aromatic rings. The number of piperidine rings is 2. The fraction of sp³-hybridized carbons (Fsp3) is 0.500. The summed E-state index contributed by atoms with van der Waals surface area (Å²) >= 11 is 0. The normalized spacial score (nSPS) is 27.2. The standard InChI is InChI=1S/C30H35N3O4/c34-28-13-12-26(29(35)31-28)33-19-22-18-23(10-11-24(22)30(33)36)37-27-9-5-4-8-25(27)32-16-14-21(15-17-32)20-6-2-1-3-7-20/h1-3,6-7,10-11,18,21,25-27H,4-5,8-9,12-17,19H2,(H,31,34,35)/t25-,26?,27+/m1/s1. The highest BCUT2D eigenvalue weighted by Gasteiger charge is 2.39. The van der Waals surface area contributed by atoms with Crippen LogP contribution in [-0.2, 0) is 16.1 Å². The number of ether oxygens (including phenoxy) is 1. The predicted molar refractivity (Wildman–Crippen MR) is 139 cm³/mol. The molecule has 1 unspecified atom stereocenters. The van der Waals surface area contributed by atoms with Crippen LogP contribution in [0.4, 0.5) is 0 Å². The van der Waals surface area contributed by atoms with E-state index in [1.54, 1.807) is 4.90 Å². The molecule has 7 heteroatoms. The van der Waals surface area contributed by atoms with E-state index in [9.17, 15) is 14.4 Å². The van der Waals surface area contributed by atoms with Crippen LogP contribution in [0.25, 0.3) is 0 Å². The van der Waals surface area contributed by atoms with Crippen molar-refractivity contribution >= 4 is 17.7 Å². The van der Waals surface area contributed by atoms with Crippen LogP contribution in [0.3, 0.4) is 0 Å². The third kappa shape index (κ3) is 4.89. The van der Waals surface area contributed by atoms with Crippen molar-refractivity contribution < 1.29 is 19.1 Å². The second-order valence-electron chi connectivity index (χ2n) is 10.9. The van der Waals surface area contributed by atoms with Crippen molar-refractivity contribution in [2.24, 2.45) is 0 Å². The minimum Gasteiger partial charge on any atom is -0.489 e. The van der Waals surface area contributed by atoms with Crippen LogP contribution in [-0.4, -0.2) is 58.8 Å². The Morgan fingerprint density at radius 3 is 2.43 bits per heavy atom. The summed E-state index contributed by atoms with van der Waals surface area (Å²) in [5, 5.41) is 2.37. The molecule has 0 bridgehead atoms. The number of hydrogen-bond donors (Lipinski definition) is 1. The van der Waals surface area contributed by atoms with Crippen LogP contribution < -0.4 is 10.1 Å². The first-order valence-corrected chi connectivity index (χ1v) is 13.8. The van der Waals surface area contributed by atoms with E-state index in [0.717, 1.165) is 37.2 Å². The van der Waals surface area contributed by atoms with E-state index in [1.165, 1.54) is 31.2 Å². The maximum Gasteiger partial charge on any atom is 0.255 e. The molecule has 2 saturated heterocycles. The lowest BCUT2D eigenvalue weighted by Gasteiger charge is -2.43. The Labute approximate surface area is 218 Å². The lowest BCUT2D eigenvalue weighted by molar-refractivity contribution is -0.136.